The molecule has 1 aromatic carbocycles. The van der Waals surface area contributed by atoms with Crippen LogP contribution in [0.15, 0.2) is 23.2 Å². The van der Waals surface area contributed by atoms with E-state index in [0.717, 1.165) is 50.4 Å². The number of amidine groups is 1. The fraction of sp³-hybridized carbons (Fsp3) is 0.680. The maximum Gasteiger partial charge on any atom is 0.320 e. The molecule has 5 fully saturated rings. The number of hydrogen-bond acceptors (Lipinski definition) is 5. The van der Waals surface area contributed by atoms with Crippen molar-refractivity contribution in [3.05, 3.63) is 29.3 Å². The Hall–Kier alpha value is -1.03. The van der Waals surface area contributed by atoms with E-state index < -0.39 is 5.60 Å². The minimum Gasteiger partial charge on any atom is -0.487 e. The monoisotopic (exact) mass is 549 g/mol. The van der Waals surface area contributed by atoms with Gasteiger partial charge in [-0.2, -0.15) is 0 Å². The number of likely N-dealkylation sites (tertiary alicyclic amines) is 2. The Morgan fingerprint density at radius 2 is 1.89 bits per heavy atom. The molecule has 196 valence electrons. The van der Waals surface area contributed by atoms with Crippen molar-refractivity contribution in [1.29, 1.82) is 0 Å². The van der Waals surface area contributed by atoms with E-state index in [2.05, 4.69) is 56.3 Å². The van der Waals surface area contributed by atoms with Gasteiger partial charge in [0.05, 0.1) is 25.2 Å². The lowest BCUT2D eigenvalue weighted by molar-refractivity contribution is -0.0690. The van der Waals surface area contributed by atoms with Crippen LogP contribution in [0.3, 0.4) is 0 Å². The molecular formula is C25H38N5O3P3. The molecule has 2 saturated heterocycles. The van der Waals surface area contributed by atoms with Crippen molar-refractivity contribution in [2.24, 2.45) is 22.2 Å². The lowest BCUT2D eigenvalue weighted by atomic mass is 9.57. The average molecular weight is 550 g/mol. The molecule has 4 N–H and O–H groups in total. The second-order valence-electron chi connectivity index (χ2n) is 11.9. The third-order valence-electron chi connectivity index (χ3n) is 8.52. The molecule has 2 amide bonds. The topological polar surface area (TPSA) is 103 Å². The first-order valence-corrected chi connectivity index (χ1v) is 14.7. The standard InChI is InChI=1S/C25H38N5O3P3/c26-28-21(27-12-24(32)5-6-24)16-8-23(9-16)13-30(14-23)22(31)29-10-18(11-29)33-17-3-4-20(25(34,35)36)19(7-17)15-1-2-15/h3-4,7,15-16,18,32H,1-2,5-6,8-14,26,34-36H2,(H,27,28). The van der Waals surface area contributed by atoms with Gasteiger partial charge in [-0.15, -0.1) is 27.7 Å². The zero-order valence-electron chi connectivity index (χ0n) is 20.7. The minimum atomic E-state index is -0.602. The molecule has 5 aliphatic rings. The van der Waals surface area contributed by atoms with Gasteiger partial charge in [0.25, 0.3) is 0 Å². The molecule has 0 aromatic heterocycles. The fourth-order valence-electron chi connectivity index (χ4n) is 5.97. The summed E-state index contributed by atoms with van der Waals surface area (Å²) in [5, 5.41) is 10.0. The highest BCUT2D eigenvalue weighted by molar-refractivity contribution is 7.56. The van der Waals surface area contributed by atoms with Gasteiger partial charge in [-0.25, -0.2) is 10.6 Å². The lowest BCUT2D eigenvalue weighted by Gasteiger charge is -2.60. The Morgan fingerprint density at radius 1 is 1.19 bits per heavy atom. The van der Waals surface area contributed by atoms with Crippen LogP contribution in [-0.2, 0) is 4.64 Å². The van der Waals surface area contributed by atoms with Crippen LogP contribution >= 0.6 is 27.7 Å². The normalized spacial score (nSPS) is 25.2. The molecule has 0 radical (unpaired) electrons. The van der Waals surface area contributed by atoms with E-state index in [1.165, 1.54) is 24.0 Å². The number of nitrogens with one attached hydrogen (secondary N) is 1. The highest BCUT2D eigenvalue weighted by Gasteiger charge is 2.56. The van der Waals surface area contributed by atoms with Crippen molar-refractivity contribution in [1.82, 2.24) is 15.2 Å². The summed E-state index contributed by atoms with van der Waals surface area (Å²) in [5.41, 5.74) is 5.04. The van der Waals surface area contributed by atoms with E-state index in [0.29, 0.717) is 31.5 Å². The van der Waals surface area contributed by atoms with Gasteiger partial charge in [0.1, 0.15) is 17.7 Å². The van der Waals surface area contributed by atoms with E-state index in [1.807, 2.05) is 9.80 Å². The van der Waals surface area contributed by atoms with Gasteiger partial charge in [0.15, 0.2) is 0 Å². The van der Waals surface area contributed by atoms with Crippen molar-refractivity contribution in [2.45, 2.75) is 60.8 Å². The summed E-state index contributed by atoms with van der Waals surface area (Å²) in [6, 6.07) is 6.56. The first-order chi connectivity index (χ1) is 17.1. The van der Waals surface area contributed by atoms with Crippen molar-refractivity contribution in [2.75, 3.05) is 32.7 Å². The number of ether oxygens (including phenoxy) is 1. The first kappa shape index (κ1) is 25.3. The summed E-state index contributed by atoms with van der Waals surface area (Å²) in [4.78, 5) is 21.3. The molecule has 6 rings (SSSR count). The van der Waals surface area contributed by atoms with E-state index >= 15 is 0 Å². The number of carbonyl (C=O) groups excluding carboxylic acids is 1. The van der Waals surface area contributed by atoms with Gasteiger partial charge in [0.2, 0.25) is 0 Å². The molecule has 3 aliphatic carbocycles. The molecule has 2 aliphatic heterocycles. The van der Waals surface area contributed by atoms with Gasteiger partial charge in [-0.05, 0) is 67.7 Å². The van der Waals surface area contributed by atoms with Gasteiger partial charge < -0.3 is 25.1 Å². The number of hydrogen-bond donors (Lipinski definition) is 3. The number of nitrogens with two attached hydrogens (primary N) is 1. The van der Waals surface area contributed by atoms with Crippen LogP contribution < -0.4 is 16.0 Å². The molecule has 11 heteroatoms. The van der Waals surface area contributed by atoms with Crippen LogP contribution in [0.5, 0.6) is 5.75 Å². The van der Waals surface area contributed by atoms with Crippen molar-refractivity contribution in [3.63, 3.8) is 0 Å². The van der Waals surface area contributed by atoms with E-state index in [4.69, 9.17) is 10.6 Å². The minimum absolute atomic E-state index is 0.0543. The number of urea groups is 1. The molecule has 36 heavy (non-hydrogen) atoms. The van der Waals surface area contributed by atoms with E-state index in [1.54, 1.807) is 0 Å². The molecule has 3 atom stereocenters. The third kappa shape index (κ3) is 5.02. The second-order valence-corrected chi connectivity index (χ2v) is 16.8. The third-order valence-corrected chi connectivity index (χ3v) is 9.45. The van der Waals surface area contributed by atoms with E-state index in [-0.39, 0.29) is 22.2 Å². The van der Waals surface area contributed by atoms with Gasteiger partial charge in [-0.3, -0.25) is 4.99 Å². The fourth-order valence-corrected chi connectivity index (χ4v) is 6.75. The summed E-state index contributed by atoms with van der Waals surface area (Å²) in [6.45, 7) is 3.32. The van der Waals surface area contributed by atoms with Gasteiger partial charge in [0, 0.05) is 29.1 Å². The van der Waals surface area contributed by atoms with Crippen LogP contribution in [-0.4, -0.2) is 71.2 Å². The number of carbonyl (C=O) groups is 1. The predicted molar refractivity (Wildman–Crippen MR) is 151 cm³/mol. The Bertz CT molecular complexity index is 1070. The van der Waals surface area contributed by atoms with Crippen LogP contribution in [0.2, 0.25) is 0 Å². The lowest BCUT2D eigenvalue weighted by Crippen LogP contribution is -2.69. The molecular weight excluding hydrogens is 511 g/mol. The molecule has 3 unspecified atom stereocenters. The van der Waals surface area contributed by atoms with Crippen molar-refractivity contribution in [3.8, 4) is 5.75 Å². The Morgan fingerprint density at radius 3 is 2.47 bits per heavy atom. The second kappa shape index (κ2) is 9.02. The van der Waals surface area contributed by atoms with Gasteiger partial charge in [-0.1, -0.05) is 6.07 Å². The van der Waals surface area contributed by atoms with E-state index in [9.17, 15) is 9.90 Å². The smallest absolute Gasteiger partial charge is 0.320 e. The number of hydrazine groups is 1. The largest absolute Gasteiger partial charge is 0.487 e. The molecule has 8 nitrogen and oxygen atoms in total. The predicted octanol–water partition coefficient (Wildman–Crippen LogP) is 2.58. The van der Waals surface area contributed by atoms with Crippen LogP contribution in [0.25, 0.3) is 0 Å². The highest BCUT2D eigenvalue weighted by atomic mass is 31.1. The number of amides is 2. The highest BCUT2D eigenvalue weighted by Crippen LogP contribution is 2.53. The first-order valence-electron chi connectivity index (χ1n) is 13.0. The average Bonchev–Trinajstić information content (AvgIpc) is 3.66. The molecule has 2 heterocycles. The number of aliphatic hydroxyl groups is 1. The summed E-state index contributed by atoms with van der Waals surface area (Å²) in [6.07, 6.45) is 6.18. The molecule has 1 aromatic rings. The maximum absolute atomic E-state index is 12.9. The summed E-state index contributed by atoms with van der Waals surface area (Å²) < 4.78 is 6.13. The summed E-state index contributed by atoms with van der Waals surface area (Å²) in [5.74, 6) is 8.34. The van der Waals surface area contributed by atoms with Crippen molar-refractivity contribution >= 4 is 39.6 Å². The van der Waals surface area contributed by atoms with Crippen molar-refractivity contribution < 1.29 is 14.6 Å². The summed E-state index contributed by atoms with van der Waals surface area (Å²) in [7, 11) is 8.66. The van der Waals surface area contributed by atoms with Crippen LogP contribution in [0.1, 0.15) is 55.6 Å². The maximum atomic E-state index is 12.9. The summed E-state index contributed by atoms with van der Waals surface area (Å²) >= 11 is 0. The number of nitrogens with zero attached hydrogens (tertiary/aromatic N) is 3. The number of rotatable bonds is 7. The van der Waals surface area contributed by atoms with Crippen LogP contribution in [0.4, 0.5) is 4.79 Å². The Balaban J connectivity index is 0.957. The van der Waals surface area contributed by atoms with Crippen LogP contribution in [0, 0.1) is 11.3 Å². The van der Waals surface area contributed by atoms with Gasteiger partial charge >= 0.3 is 6.03 Å². The quantitative estimate of drug-likeness (QED) is 0.160. The molecule has 3 saturated carbocycles. The number of benzene rings is 1. The zero-order valence-corrected chi connectivity index (χ0v) is 24.1. The SMILES string of the molecule is NNC(=NCC1(O)CC1)C1CC2(C1)CN(C(=O)N1CC(Oc3ccc(C(P)(P)P)c(C4CC4)c3)C1)C2. The molecule has 1 spiro atoms. The molecule has 0 bridgehead atoms. The Labute approximate surface area is 220 Å². The number of aliphatic imine (C=N–C) groups is 1. The Kier molecular flexibility index (Phi) is 6.33. The zero-order chi connectivity index (χ0) is 25.3.